The Balaban J connectivity index is 2.03. The van der Waals surface area contributed by atoms with Gasteiger partial charge in [-0.2, -0.15) is 0 Å². The molecule has 4 nitrogen and oxygen atoms in total. The molecule has 0 aromatic carbocycles. The van der Waals surface area contributed by atoms with Gasteiger partial charge in [-0.05, 0) is 25.0 Å². The molecule has 2 heterocycles. The van der Waals surface area contributed by atoms with Crippen molar-refractivity contribution < 1.29 is 5.11 Å². The van der Waals surface area contributed by atoms with Crippen LogP contribution in [0, 0.1) is 5.92 Å². The van der Waals surface area contributed by atoms with Gasteiger partial charge in [-0.1, -0.05) is 6.92 Å². The summed E-state index contributed by atoms with van der Waals surface area (Å²) in [6.07, 6.45) is 3.86. The zero-order chi connectivity index (χ0) is 12.3. The van der Waals surface area contributed by atoms with Gasteiger partial charge in [-0.25, -0.2) is 0 Å². The van der Waals surface area contributed by atoms with Gasteiger partial charge in [0, 0.05) is 31.7 Å². The fourth-order valence-corrected chi connectivity index (χ4v) is 2.23. The lowest BCUT2D eigenvalue weighted by atomic mass is 10.1. The highest BCUT2D eigenvalue weighted by atomic mass is 16.3. The molecule has 2 atom stereocenters. The second-order valence-corrected chi connectivity index (χ2v) is 4.74. The number of aliphatic hydroxyl groups excluding tert-OH is 1. The molecular formula is C13H21N3O. The number of nitrogens with two attached hydrogens (primary N) is 1. The largest absolute Gasteiger partial charge is 0.396 e. The van der Waals surface area contributed by atoms with Crippen molar-refractivity contribution in [2.24, 2.45) is 11.7 Å². The molecule has 1 aromatic rings. The topological polar surface area (TPSA) is 62.4 Å². The highest BCUT2D eigenvalue weighted by Gasteiger charge is 2.22. The molecule has 17 heavy (non-hydrogen) atoms. The van der Waals surface area contributed by atoms with Gasteiger partial charge in [-0.3, -0.25) is 4.98 Å². The van der Waals surface area contributed by atoms with E-state index in [4.69, 9.17) is 10.8 Å². The number of aliphatic hydroxyl groups is 1. The van der Waals surface area contributed by atoms with Gasteiger partial charge in [0.05, 0.1) is 17.6 Å². The molecule has 0 spiro atoms. The molecule has 0 aliphatic carbocycles. The van der Waals surface area contributed by atoms with E-state index >= 15 is 0 Å². The first-order valence-corrected chi connectivity index (χ1v) is 6.32. The van der Waals surface area contributed by atoms with Crippen LogP contribution in [0.2, 0.25) is 0 Å². The third-order valence-corrected chi connectivity index (χ3v) is 3.50. The Kier molecular flexibility index (Phi) is 3.97. The van der Waals surface area contributed by atoms with Crippen LogP contribution in [0.3, 0.4) is 0 Å². The summed E-state index contributed by atoms with van der Waals surface area (Å²) >= 11 is 0. The van der Waals surface area contributed by atoms with E-state index in [1.807, 2.05) is 12.3 Å². The van der Waals surface area contributed by atoms with Gasteiger partial charge in [0.2, 0.25) is 0 Å². The van der Waals surface area contributed by atoms with Crippen LogP contribution in [0.4, 0.5) is 5.69 Å². The Morgan fingerprint density at radius 1 is 1.59 bits per heavy atom. The van der Waals surface area contributed by atoms with Gasteiger partial charge in [-0.15, -0.1) is 0 Å². The Morgan fingerprint density at radius 3 is 2.94 bits per heavy atom. The minimum atomic E-state index is 0.0350. The lowest BCUT2D eigenvalue weighted by molar-refractivity contribution is 0.238. The lowest BCUT2D eigenvalue weighted by Gasteiger charge is -2.18. The van der Waals surface area contributed by atoms with Crippen molar-refractivity contribution in [2.45, 2.75) is 25.8 Å². The fraction of sp³-hybridized carbons (Fsp3) is 0.615. The number of hydrogen-bond acceptors (Lipinski definition) is 4. The quantitative estimate of drug-likeness (QED) is 0.826. The van der Waals surface area contributed by atoms with Crippen LogP contribution in [-0.4, -0.2) is 29.8 Å². The van der Waals surface area contributed by atoms with Crippen molar-refractivity contribution in [3.8, 4) is 0 Å². The Hall–Kier alpha value is -1.13. The highest BCUT2D eigenvalue weighted by molar-refractivity contribution is 5.45. The number of nitrogens with zero attached hydrogens (tertiary/aromatic N) is 2. The van der Waals surface area contributed by atoms with Crippen molar-refractivity contribution in [2.75, 3.05) is 24.6 Å². The van der Waals surface area contributed by atoms with Crippen LogP contribution in [0.15, 0.2) is 18.3 Å². The molecule has 1 aromatic heterocycles. The Labute approximate surface area is 102 Å². The van der Waals surface area contributed by atoms with Crippen molar-refractivity contribution in [1.82, 2.24) is 4.98 Å². The van der Waals surface area contributed by atoms with E-state index in [2.05, 4.69) is 22.9 Å². The molecule has 1 aliphatic heterocycles. The molecule has 0 saturated carbocycles. The number of aromatic nitrogens is 1. The summed E-state index contributed by atoms with van der Waals surface area (Å²) in [6.45, 7) is 4.28. The second kappa shape index (κ2) is 5.47. The van der Waals surface area contributed by atoms with E-state index in [0.29, 0.717) is 5.92 Å². The predicted octanol–water partition coefficient (Wildman–Crippen LogP) is 1.31. The van der Waals surface area contributed by atoms with Crippen molar-refractivity contribution in [1.29, 1.82) is 0 Å². The van der Waals surface area contributed by atoms with E-state index in [-0.39, 0.29) is 12.6 Å². The molecule has 1 fully saturated rings. The molecule has 3 N–H and O–H groups in total. The zero-order valence-electron chi connectivity index (χ0n) is 10.3. The zero-order valence-corrected chi connectivity index (χ0v) is 10.3. The van der Waals surface area contributed by atoms with E-state index < -0.39 is 0 Å². The molecule has 0 radical (unpaired) electrons. The summed E-state index contributed by atoms with van der Waals surface area (Å²) in [5, 5.41) is 9.12. The Bertz CT molecular complexity index is 352. The third-order valence-electron chi connectivity index (χ3n) is 3.50. The molecule has 1 aliphatic rings. The van der Waals surface area contributed by atoms with Crippen molar-refractivity contribution in [3.05, 3.63) is 24.0 Å². The van der Waals surface area contributed by atoms with Gasteiger partial charge < -0.3 is 15.7 Å². The maximum absolute atomic E-state index is 9.12. The van der Waals surface area contributed by atoms with Crippen molar-refractivity contribution >= 4 is 5.69 Å². The van der Waals surface area contributed by atoms with E-state index in [9.17, 15) is 0 Å². The minimum Gasteiger partial charge on any atom is -0.396 e. The van der Waals surface area contributed by atoms with E-state index in [0.717, 1.165) is 37.3 Å². The molecule has 2 unspecified atom stereocenters. The summed E-state index contributed by atoms with van der Waals surface area (Å²) in [5.41, 5.74) is 8.02. The van der Waals surface area contributed by atoms with Gasteiger partial charge in [0.1, 0.15) is 0 Å². The van der Waals surface area contributed by atoms with Crippen LogP contribution in [0.25, 0.3) is 0 Å². The first-order valence-electron chi connectivity index (χ1n) is 6.32. The first-order chi connectivity index (χ1) is 8.24. The average Bonchev–Trinajstić information content (AvgIpc) is 2.87. The highest BCUT2D eigenvalue weighted by Crippen LogP contribution is 2.23. The molecule has 0 amide bonds. The third kappa shape index (κ3) is 2.76. The molecular weight excluding hydrogens is 214 g/mol. The molecule has 4 heteroatoms. The van der Waals surface area contributed by atoms with E-state index in [1.54, 1.807) is 0 Å². The molecule has 94 valence electrons. The van der Waals surface area contributed by atoms with Gasteiger partial charge >= 0.3 is 0 Å². The molecule has 2 rings (SSSR count). The fourth-order valence-electron chi connectivity index (χ4n) is 2.23. The molecule has 1 saturated heterocycles. The lowest BCUT2D eigenvalue weighted by Crippen LogP contribution is -2.21. The van der Waals surface area contributed by atoms with Crippen LogP contribution < -0.4 is 10.6 Å². The average molecular weight is 235 g/mol. The van der Waals surface area contributed by atoms with Crippen LogP contribution in [0.5, 0.6) is 0 Å². The monoisotopic (exact) mass is 235 g/mol. The first kappa shape index (κ1) is 12.3. The van der Waals surface area contributed by atoms with E-state index in [1.165, 1.54) is 0 Å². The molecule has 0 bridgehead atoms. The van der Waals surface area contributed by atoms with Crippen LogP contribution >= 0.6 is 0 Å². The van der Waals surface area contributed by atoms with Gasteiger partial charge in [0.25, 0.3) is 0 Å². The predicted molar refractivity (Wildman–Crippen MR) is 68.9 cm³/mol. The summed E-state index contributed by atoms with van der Waals surface area (Å²) in [5.74, 6) is 0.410. The maximum Gasteiger partial charge on any atom is 0.0572 e. The summed E-state index contributed by atoms with van der Waals surface area (Å²) in [7, 11) is 0. The number of anilines is 1. The summed E-state index contributed by atoms with van der Waals surface area (Å²) in [4.78, 5) is 6.69. The number of rotatable bonds is 4. The maximum atomic E-state index is 9.12. The SMILES string of the molecule is CCC(N)c1ccc(N2CCC(CO)C2)cn1. The minimum absolute atomic E-state index is 0.0350. The summed E-state index contributed by atoms with van der Waals surface area (Å²) < 4.78 is 0. The summed E-state index contributed by atoms with van der Waals surface area (Å²) in [6, 6.07) is 4.13. The standard InChI is InChI=1S/C13H21N3O/c1-2-12(14)13-4-3-11(7-15-13)16-6-5-10(8-16)9-17/h3-4,7,10,12,17H,2,5-6,8-9,14H2,1H3. The number of pyridine rings is 1. The van der Waals surface area contributed by atoms with Crippen LogP contribution in [0.1, 0.15) is 31.5 Å². The second-order valence-electron chi connectivity index (χ2n) is 4.74. The Morgan fingerprint density at radius 2 is 2.41 bits per heavy atom. The van der Waals surface area contributed by atoms with Gasteiger partial charge in [0.15, 0.2) is 0 Å². The van der Waals surface area contributed by atoms with Crippen LogP contribution in [-0.2, 0) is 0 Å². The smallest absolute Gasteiger partial charge is 0.0572 e. The van der Waals surface area contributed by atoms with Crippen molar-refractivity contribution in [3.63, 3.8) is 0 Å². The normalized spacial score (nSPS) is 21.8. The number of hydrogen-bond donors (Lipinski definition) is 2.